The Hall–Kier alpha value is -1.99. The van der Waals surface area contributed by atoms with Crippen molar-refractivity contribution in [2.75, 3.05) is 12.4 Å². The standard InChI is InChI=1S/C14H14F2N2O2S/c1-17-21(19,20)14-4-2-13(3-5-14)18-9-10-6-11(15)8-12(16)7-10/h2-8,17-18H,9H2,1H3. The van der Waals surface area contributed by atoms with Crippen LogP contribution in [0.4, 0.5) is 14.5 Å². The molecule has 0 saturated heterocycles. The van der Waals surface area contributed by atoms with E-state index in [-0.39, 0.29) is 11.4 Å². The third-order valence-electron chi connectivity index (χ3n) is 2.85. The fourth-order valence-electron chi connectivity index (χ4n) is 1.79. The highest BCUT2D eigenvalue weighted by atomic mass is 32.2. The Morgan fingerprint density at radius 1 is 1.00 bits per heavy atom. The van der Waals surface area contributed by atoms with E-state index in [0.29, 0.717) is 11.3 Å². The zero-order valence-corrected chi connectivity index (χ0v) is 12.0. The first-order chi connectivity index (χ1) is 9.90. The van der Waals surface area contributed by atoms with E-state index >= 15 is 0 Å². The fourth-order valence-corrected chi connectivity index (χ4v) is 2.52. The van der Waals surface area contributed by atoms with E-state index in [1.54, 1.807) is 12.1 Å². The molecule has 2 aromatic carbocycles. The Bertz CT molecular complexity index is 711. The van der Waals surface area contributed by atoms with Crippen molar-refractivity contribution in [3.8, 4) is 0 Å². The van der Waals surface area contributed by atoms with E-state index in [0.717, 1.165) is 6.07 Å². The van der Waals surface area contributed by atoms with E-state index in [9.17, 15) is 17.2 Å². The number of hydrogen-bond donors (Lipinski definition) is 2. The Morgan fingerprint density at radius 2 is 1.57 bits per heavy atom. The third kappa shape index (κ3) is 3.99. The molecule has 0 aliphatic carbocycles. The molecular weight excluding hydrogens is 298 g/mol. The first-order valence-electron chi connectivity index (χ1n) is 6.13. The van der Waals surface area contributed by atoms with Gasteiger partial charge in [-0.3, -0.25) is 0 Å². The van der Waals surface area contributed by atoms with Crippen molar-refractivity contribution in [3.05, 3.63) is 59.7 Å². The highest BCUT2D eigenvalue weighted by Crippen LogP contribution is 2.15. The largest absolute Gasteiger partial charge is 0.381 e. The van der Waals surface area contributed by atoms with Crippen LogP contribution in [0.2, 0.25) is 0 Å². The fraction of sp³-hybridized carbons (Fsp3) is 0.143. The molecule has 112 valence electrons. The molecule has 0 amide bonds. The van der Waals surface area contributed by atoms with E-state index in [1.165, 1.54) is 31.3 Å². The minimum absolute atomic E-state index is 0.146. The smallest absolute Gasteiger partial charge is 0.240 e. The molecule has 7 heteroatoms. The van der Waals surface area contributed by atoms with Gasteiger partial charge in [0.25, 0.3) is 0 Å². The molecule has 0 aliphatic rings. The normalized spacial score (nSPS) is 11.4. The van der Waals surface area contributed by atoms with Gasteiger partial charge in [0.1, 0.15) is 11.6 Å². The molecule has 0 aromatic heterocycles. The maximum atomic E-state index is 13.0. The van der Waals surface area contributed by atoms with E-state index < -0.39 is 21.7 Å². The maximum Gasteiger partial charge on any atom is 0.240 e. The number of nitrogens with one attached hydrogen (secondary N) is 2. The molecule has 0 radical (unpaired) electrons. The molecule has 4 nitrogen and oxygen atoms in total. The summed E-state index contributed by atoms with van der Waals surface area (Å²) in [5.41, 5.74) is 1.11. The second kappa shape index (κ2) is 6.19. The van der Waals surface area contributed by atoms with Crippen LogP contribution in [0.15, 0.2) is 47.4 Å². The Labute approximate surface area is 121 Å². The SMILES string of the molecule is CNS(=O)(=O)c1ccc(NCc2cc(F)cc(F)c2)cc1. The molecule has 0 unspecified atom stereocenters. The molecule has 2 aromatic rings. The highest BCUT2D eigenvalue weighted by molar-refractivity contribution is 7.89. The quantitative estimate of drug-likeness (QED) is 0.892. The zero-order chi connectivity index (χ0) is 15.5. The lowest BCUT2D eigenvalue weighted by molar-refractivity contribution is 0.580. The van der Waals surface area contributed by atoms with Gasteiger partial charge in [-0.15, -0.1) is 0 Å². The molecule has 0 aliphatic heterocycles. The molecule has 0 heterocycles. The van der Waals surface area contributed by atoms with Gasteiger partial charge in [-0.1, -0.05) is 0 Å². The van der Waals surface area contributed by atoms with Gasteiger partial charge in [0.2, 0.25) is 10.0 Å². The lowest BCUT2D eigenvalue weighted by Crippen LogP contribution is -2.18. The van der Waals surface area contributed by atoms with Crippen LogP contribution in [-0.4, -0.2) is 15.5 Å². The van der Waals surface area contributed by atoms with Crippen LogP contribution < -0.4 is 10.0 Å². The van der Waals surface area contributed by atoms with Crippen LogP contribution in [0, 0.1) is 11.6 Å². The van der Waals surface area contributed by atoms with Gasteiger partial charge < -0.3 is 5.32 Å². The van der Waals surface area contributed by atoms with Crippen molar-refractivity contribution >= 4 is 15.7 Å². The summed E-state index contributed by atoms with van der Waals surface area (Å²) in [6.45, 7) is 0.229. The van der Waals surface area contributed by atoms with Crippen LogP contribution in [0.3, 0.4) is 0 Å². The lowest BCUT2D eigenvalue weighted by Gasteiger charge is -2.08. The summed E-state index contributed by atoms with van der Waals surface area (Å²) < 4.78 is 51.4. The van der Waals surface area contributed by atoms with Crippen molar-refractivity contribution in [2.45, 2.75) is 11.4 Å². The molecule has 0 bridgehead atoms. The van der Waals surface area contributed by atoms with Gasteiger partial charge in [-0.2, -0.15) is 0 Å². The summed E-state index contributed by atoms with van der Waals surface area (Å²) in [5.74, 6) is -1.27. The van der Waals surface area contributed by atoms with Crippen molar-refractivity contribution in [1.29, 1.82) is 0 Å². The van der Waals surface area contributed by atoms with Gasteiger partial charge in [0.15, 0.2) is 0 Å². The van der Waals surface area contributed by atoms with Crippen molar-refractivity contribution in [1.82, 2.24) is 4.72 Å². The molecule has 0 spiro atoms. The minimum atomic E-state index is -3.47. The summed E-state index contributed by atoms with van der Waals surface area (Å²) in [5, 5.41) is 2.96. The van der Waals surface area contributed by atoms with E-state index in [2.05, 4.69) is 10.0 Å². The van der Waals surface area contributed by atoms with Crippen molar-refractivity contribution in [3.63, 3.8) is 0 Å². The minimum Gasteiger partial charge on any atom is -0.381 e. The highest BCUT2D eigenvalue weighted by Gasteiger charge is 2.10. The Morgan fingerprint density at radius 3 is 2.10 bits per heavy atom. The Kier molecular flexibility index (Phi) is 4.54. The van der Waals surface area contributed by atoms with Crippen molar-refractivity contribution < 1.29 is 17.2 Å². The summed E-state index contributed by atoms with van der Waals surface area (Å²) >= 11 is 0. The second-order valence-electron chi connectivity index (χ2n) is 4.36. The lowest BCUT2D eigenvalue weighted by atomic mass is 10.2. The van der Waals surface area contributed by atoms with E-state index in [4.69, 9.17) is 0 Å². The average Bonchev–Trinajstić information content (AvgIpc) is 2.44. The molecular formula is C14H14F2N2O2S. The van der Waals surface area contributed by atoms with Gasteiger partial charge in [0, 0.05) is 18.3 Å². The topological polar surface area (TPSA) is 58.2 Å². The second-order valence-corrected chi connectivity index (χ2v) is 6.25. The number of sulfonamides is 1. The summed E-state index contributed by atoms with van der Waals surface area (Å²) in [7, 11) is -2.14. The number of rotatable bonds is 5. The number of hydrogen-bond acceptors (Lipinski definition) is 3. The van der Waals surface area contributed by atoms with Crippen LogP contribution >= 0.6 is 0 Å². The summed E-state index contributed by atoms with van der Waals surface area (Å²) in [4.78, 5) is 0.146. The van der Waals surface area contributed by atoms with Gasteiger partial charge in [-0.25, -0.2) is 21.9 Å². The summed E-state index contributed by atoms with van der Waals surface area (Å²) in [6, 6.07) is 9.33. The zero-order valence-electron chi connectivity index (χ0n) is 11.2. The predicted molar refractivity (Wildman–Crippen MR) is 76.4 cm³/mol. The number of anilines is 1. The van der Waals surface area contributed by atoms with Crippen molar-refractivity contribution in [2.24, 2.45) is 0 Å². The molecule has 0 fully saturated rings. The molecule has 0 atom stereocenters. The van der Waals surface area contributed by atoms with Crippen LogP contribution in [0.5, 0.6) is 0 Å². The molecule has 2 N–H and O–H groups in total. The van der Waals surface area contributed by atoms with Crippen LogP contribution in [-0.2, 0) is 16.6 Å². The number of halogens is 2. The maximum absolute atomic E-state index is 13.0. The predicted octanol–water partition coefficient (Wildman–Crippen LogP) is 2.49. The third-order valence-corrected chi connectivity index (χ3v) is 4.28. The molecule has 21 heavy (non-hydrogen) atoms. The average molecular weight is 312 g/mol. The van der Waals surface area contributed by atoms with Gasteiger partial charge in [-0.05, 0) is 49.0 Å². The first kappa shape index (κ1) is 15.4. The Balaban J connectivity index is 2.07. The van der Waals surface area contributed by atoms with Crippen LogP contribution in [0.1, 0.15) is 5.56 Å². The molecule has 0 saturated carbocycles. The van der Waals surface area contributed by atoms with Gasteiger partial charge >= 0.3 is 0 Å². The monoisotopic (exact) mass is 312 g/mol. The number of benzene rings is 2. The van der Waals surface area contributed by atoms with Gasteiger partial charge in [0.05, 0.1) is 4.90 Å². The van der Waals surface area contributed by atoms with Crippen LogP contribution in [0.25, 0.3) is 0 Å². The molecule has 2 rings (SSSR count). The van der Waals surface area contributed by atoms with E-state index in [1.807, 2.05) is 0 Å². The first-order valence-corrected chi connectivity index (χ1v) is 7.61. The summed E-state index contributed by atoms with van der Waals surface area (Å²) in [6.07, 6.45) is 0.